The Morgan fingerprint density at radius 2 is 2.18 bits per heavy atom. The summed E-state index contributed by atoms with van der Waals surface area (Å²) in [6.45, 7) is 6.46. The van der Waals surface area contributed by atoms with Crippen molar-refractivity contribution >= 4 is 11.9 Å². The minimum absolute atomic E-state index is 0.0293. The van der Waals surface area contributed by atoms with Gasteiger partial charge < -0.3 is 15.3 Å². The number of nitrogens with one attached hydrogen (secondary N) is 2. The molecule has 3 N–H and O–H groups in total. The molecule has 2 heterocycles. The van der Waals surface area contributed by atoms with E-state index in [2.05, 4.69) is 15.5 Å². The van der Waals surface area contributed by atoms with Crippen LogP contribution in [0.5, 0.6) is 0 Å². The van der Waals surface area contributed by atoms with E-state index in [1.54, 1.807) is 4.90 Å². The van der Waals surface area contributed by atoms with Crippen LogP contribution in [0.25, 0.3) is 0 Å². The number of aromatic nitrogens is 2. The first kappa shape index (κ1) is 16.5. The van der Waals surface area contributed by atoms with E-state index < -0.39 is 5.97 Å². The summed E-state index contributed by atoms with van der Waals surface area (Å²) in [5.41, 5.74) is 3.07. The molecule has 22 heavy (non-hydrogen) atoms. The number of carbonyl (C=O) groups excluding carboxylic acids is 1. The normalized spacial score (nSPS) is 19.0. The zero-order valence-corrected chi connectivity index (χ0v) is 13.2. The number of aliphatic carboxylic acids is 1. The lowest BCUT2D eigenvalue weighted by Gasteiger charge is -2.23. The molecule has 7 heteroatoms. The zero-order valence-electron chi connectivity index (χ0n) is 13.2. The van der Waals surface area contributed by atoms with Gasteiger partial charge in [-0.3, -0.25) is 14.7 Å². The Balaban J connectivity index is 1.90. The third-order valence-corrected chi connectivity index (χ3v) is 4.22. The van der Waals surface area contributed by atoms with Crippen molar-refractivity contribution in [2.75, 3.05) is 26.2 Å². The number of hydrogen-bond acceptors (Lipinski definition) is 4. The van der Waals surface area contributed by atoms with E-state index in [4.69, 9.17) is 5.11 Å². The number of aryl methyl sites for hydroxylation is 2. The van der Waals surface area contributed by atoms with E-state index in [0.717, 1.165) is 17.0 Å². The number of aromatic amines is 1. The highest BCUT2D eigenvalue weighted by molar-refractivity contribution is 5.76. The SMILES string of the molecule is Cc1[nH]nc(CCC(=O)N2CCNCC(CC(=O)O)C2)c1C. The predicted octanol–water partition coefficient (Wildman–Crippen LogP) is 0.482. The molecule has 1 unspecified atom stereocenters. The second kappa shape index (κ2) is 7.40. The largest absolute Gasteiger partial charge is 0.481 e. The first-order chi connectivity index (χ1) is 10.5. The molecule has 7 nitrogen and oxygen atoms in total. The lowest BCUT2D eigenvalue weighted by atomic mass is 10.0. The van der Waals surface area contributed by atoms with E-state index >= 15 is 0 Å². The van der Waals surface area contributed by atoms with Gasteiger partial charge in [0.2, 0.25) is 5.91 Å². The molecule has 1 aromatic heterocycles. The van der Waals surface area contributed by atoms with Crippen molar-refractivity contribution in [3.05, 3.63) is 17.0 Å². The Hall–Kier alpha value is -1.89. The summed E-state index contributed by atoms with van der Waals surface area (Å²) < 4.78 is 0. The van der Waals surface area contributed by atoms with Gasteiger partial charge in [0.05, 0.1) is 12.1 Å². The highest BCUT2D eigenvalue weighted by Crippen LogP contribution is 2.13. The maximum Gasteiger partial charge on any atom is 0.303 e. The number of nitrogens with zero attached hydrogens (tertiary/aromatic N) is 2. The molecular formula is C15H24N4O3. The summed E-state index contributed by atoms with van der Waals surface area (Å²) >= 11 is 0. The highest BCUT2D eigenvalue weighted by Gasteiger charge is 2.23. The fraction of sp³-hybridized carbons (Fsp3) is 0.667. The molecule has 1 saturated heterocycles. The van der Waals surface area contributed by atoms with Gasteiger partial charge in [0.1, 0.15) is 0 Å². The number of carboxylic acid groups (broad SMARTS) is 1. The molecule has 1 aromatic rings. The van der Waals surface area contributed by atoms with Gasteiger partial charge in [-0.2, -0.15) is 5.10 Å². The van der Waals surface area contributed by atoms with Crippen LogP contribution in [0.2, 0.25) is 0 Å². The maximum atomic E-state index is 12.4. The number of carbonyl (C=O) groups is 2. The van der Waals surface area contributed by atoms with Crippen LogP contribution in [0.4, 0.5) is 0 Å². The van der Waals surface area contributed by atoms with Crippen molar-refractivity contribution in [1.29, 1.82) is 0 Å². The maximum absolute atomic E-state index is 12.4. The average molecular weight is 308 g/mol. The summed E-state index contributed by atoms with van der Waals surface area (Å²) in [4.78, 5) is 25.0. The molecule has 2 rings (SSSR count). The van der Waals surface area contributed by atoms with E-state index in [0.29, 0.717) is 39.0 Å². The lowest BCUT2D eigenvalue weighted by Crippen LogP contribution is -2.36. The molecule has 1 aliphatic heterocycles. The van der Waals surface area contributed by atoms with Crippen LogP contribution in [0.1, 0.15) is 29.8 Å². The van der Waals surface area contributed by atoms with Crippen molar-refractivity contribution in [2.24, 2.45) is 5.92 Å². The molecule has 122 valence electrons. The second-order valence-electron chi connectivity index (χ2n) is 5.93. The highest BCUT2D eigenvalue weighted by atomic mass is 16.4. The van der Waals surface area contributed by atoms with Crippen molar-refractivity contribution in [3.63, 3.8) is 0 Å². The topological polar surface area (TPSA) is 98.3 Å². The van der Waals surface area contributed by atoms with Crippen molar-refractivity contribution in [2.45, 2.75) is 33.1 Å². The second-order valence-corrected chi connectivity index (χ2v) is 5.93. The fourth-order valence-corrected chi connectivity index (χ4v) is 2.76. The van der Waals surface area contributed by atoms with E-state index in [1.165, 1.54) is 0 Å². The molecule has 1 fully saturated rings. The third kappa shape index (κ3) is 4.30. The quantitative estimate of drug-likeness (QED) is 0.735. The van der Waals surface area contributed by atoms with Gasteiger partial charge in [0.15, 0.2) is 0 Å². The van der Waals surface area contributed by atoms with E-state index in [1.807, 2.05) is 13.8 Å². The van der Waals surface area contributed by atoms with E-state index in [9.17, 15) is 9.59 Å². The number of rotatable bonds is 5. The Kier molecular flexibility index (Phi) is 5.54. The predicted molar refractivity (Wildman–Crippen MR) is 81.6 cm³/mol. The molecule has 0 bridgehead atoms. The third-order valence-electron chi connectivity index (χ3n) is 4.22. The number of hydrogen-bond donors (Lipinski definition) is 3. The summed E-state index contributed by atoms with van der Waals surface area (Å²) in [7, 11) is 0. The zero-order chi connectivity index (χ0) is 16.1. The molecule has 0 saturated carbocycles. The summed E-state index contributed by atoms with van der Waals surface area (Å²) in [6, 6.07) is 0. The average Bonchev–Trinajstić information content (AvgIpc) is 2.67. The summed E-state index contributed by atoms with van der Waals surface area (Å²) in [6.07, 6.45) is 1.11. The van der Waals surface area contributed by atoms with Gasteiger partial charge in [0, 0.05) is 44.7 Å². The van der Waals surface area contributed by atoms with Crippen LogP contribution >= 0.6 is 0 Å². The molecular weight excluding hydrogens is 284 g/mol. The molecule has 1 amide bonds. The van der Waals surface area contributed by atoms with Crippen LogP contribution in [0.15, 0.2) is 0 Å². The number of amides is 1. The van der Waals surface area contributed by atoms with Crippen molar-refractivity contribution in [3.8, 4) is 0 Å². The van der Waals surface area contributed by atoms with Gasteiger partial charge in [0.25, 0.3) is 0 Å². The molecule has 0 spiro atoms. The standard InChI is InChI=1S/C15H24N4O3/c1-10-11(2)17-18-13(10)3-4-14(20)19-6-5-16-8-12(9-19)7-15(21)22/h12,16H,3-9H2,1-2H3,(H,17,18)(H,21,22). The minimum Gasteiger partial charge on any atom is -0.481 e. The Labute approximate surface area is 130 Å². The van der Waals surface area contributed by atoms with Gasteiger partial charge in [-0.25, -0.2) is 0 Å². The Bertz CT molecular complexity index is 541. The van der Waals surface area contributed by atoms with Gasteiger partial charge in [-0.1, -0.05) is 0 Å². The van der Waals surface area contributed by atoms with Crippen LogP contribution in [0, 0.1) is 19.8 Å². The van der Waals surface area contributed by atoms with Crippen molar-refractivity contribution in [1.82, 2.24) is 20.4 Å². The van der Waals surface area contributed by atoms with Crippen LogP contribution in [-0.4, -0.2) is 58.3 Å². The van der Waals surface area contributed by atoms with Crippen LogP contribution in [0.3, 0.4) is 0 Å². The first-order valence-corrected chi connectivity index (χ1v) is 7.68. The van der Waals surface area contributed by atoms with Crippen LogP contribution < -0.4 is 5.32 Å². The van der Waals surface area contributed by atoms with Gasteiger partial charge in [-0.15, -0.1) is 0 Å². The lowest BCUT2D eigenvalue weighted by molar-refractivity contribution is -0.139. The Morgan fingerprint density at radius 3 is 2.82 bits per heavy atom. The molecule has 0 aromatic carbocycles. The van der Waals surface area contributed by atoms with Crippen LogP contribution in [-0.2, 0) is 16.0 Å². The molecule has 0 aliphatic carbocycles. The summed E-state index contributed by atoms with van der Waals surface area (Å²) in [5.74, 6) is -0.777. The Morgan fingerprint density at radius 1 is 1.41 bits per heavy atom. The fourth-order valence-electron chi connectivity index (χ4n) is 2.76. The monoisotopic (exact) mass is 308 g/mol. The van der Waals surface area contributed by atoms with Crippen molar-refractivity contribution < 1.29 is 14.7 Å². The molecule has 0 radical (unpaired) electrons. The van der Waals surface area contributed by atoms with Gasteiger partial charge >= 0.3 is 5.97 Å². The number of H-pyrrole nitrogens is 1. The summed E-state index contributed by atoms with van der Waals surface area (Å²) in [5, 5.41) is 19.3. The first-order valence-electron chi connectivity index (χ1n) is 7.68. The molecule has 1 atom stereocenters. The smallest absolute Gasteiger partial charge is 0.303 e. The minimum atomic E-state index is -0.816. The molecule has 1 aliphatic rings. The van der Waals surface area contributed by atoms with Gasteiger partial charge in [-0.05, 0) is 25.3 Å². The number of carboxylic acids is 1. The van der Waals surface area contributed by atoms with E-state index in [-0.39, 0.29) is 18.2 Å².